The minimum atomic E-state index is -0.315. The highest BCUT2D eigenvalue weighted by Gasteiger charge is 2.26. The normalized spacial score (nSPS) is 18.2. The Labute approximate surface area is 136 Å². The van der Waals surface area contributed by atoms with Gasteiger partial charge >= 0.3 is 5.97 Å². The lowest BCUT2D eigenvalue weighted by Gasteiger charge is -2.34. The van der Waals surface area contributed by atoms with Crippen molar-refractivity contribution in [3.05, 3.63) is 42.4 Å². The Balaban J connectivity index is 1.82. The van der Waals surface area contributed by atoms with Crippen molar-refractivity contribution in [3.8, 4) is 0 Å². The Morgan fingerprint density at radius 2 is 2.22 bits per heavy atom. The minimum absolute atomic E-state index is 0.145. The van der Waals surface area contributed by atoms with Gasteiger partial charge in [-0.2, -0.15) is 5.10 Å². The Morgan fingerprint density at radius 3 is 2.96 bits per heavy atom. The van der Waals surface area contributed by atoms with Crippen LogP contribution in [0.5, 0.6) is 0 Å². The van der Waals surface area contributed by atoms with Crippen LogP contribution in [0.3, 0.4) is 0 Å². The molecule has 0 aromatic carbocycles. The van der Waals surface area contributed by atoms with E-state index in [-0.39, 0.29) is 12.1 Å². The number of nitrogens with zero attached hydrogens (tertiary/aromatic N) is 4. The number of ether oxygens (including phenoxy) is 1. The number of carbonyl (C=O) groups is 1. The predicted molar refractivity (Wildman–Crippen MR) is 87.5 cm³/mol. The smallest absolute Gasteiger partial charge is 0.342 e. The molecule has 0 bridgehead atoms. The first-order valence-corrected chi connectivity index (χ1v) is 8.05. The number of hydrogen-bond acceptors (Lipinski definition) is 5. The molecule has 1 fully saturated rings. The van der Waals surface area contributed by atoms with Crippen LogP contribution in [-0.4, -0.2) is 39.9 Å². The summed E-state index contributed by atoms with van der Waals surface area (Å²) in [7, 11) is 0. The predicted octanol–water partition coefficient (Wildman–Crippen LogP) is 2.68. The van der Waals surface area contributed by atoms with Gasteiger partial charge in [-0.25, -0.2) is 9.78 Å². The van der Waals surface area contributed by atoms with Crippen LogP contribution in [0, 0.1) is 0 Å². The van der Waals surface area contributed by atoms with Crippen molar-refractivity contribution in [2.75, 3.05) is 18.0 Å². The molecule has 2 aromatic heterocycles. The first-order valence-electron chi connectivity index (χ1n) is 8.05. The maximum absolute atomic E-state index is 12.3. The van der Waals surface area contributed by atoms with Crippen LogP contribution >= 0.6 is 0 Å². The van der Waals surface area contributed by atoms with Gasteiger partial charge in [-0.3, -0.25) is 4.68 Å². The van der Waals surface area contributed by atoms with Crippen LogP contribution < -0.4 is 4.90 Å². The fourth-order valence-corrected chi connectivity index (χ4v) is 2.95. The molecule has 6 nitrogen and oxygen atoms in total. The molecule has 0 N–H and O–H groups in total. The maximum atomic E-state index is 12.3. The molecule has 3 heterocycles. The van der Waals surface area contributed by atoms with Crippen LogP contribution in [0.4, 0.5) is 5.82 Å². The fourth-order valence-electron chi connectivity index (χ4n) is 2.95. The molecule has 0 aliphatic carbocycles. The molecule has 6 heteroatoms. The number of pyridine rings is 1. The third-order valence-electron chi connectivity index (χ3n) is 3.94. The molecule has 23 heavy (non-hydrogen) atoms. The molecule has 0 amide bonds. The molecule has 0 radical (unpaired) electrons. The lowest BCUT2D eigenvalue weighted by molar-refractivity contribution is 0.0378. The SMILES string of the molecule is CC(C)OC(=O)c1cccnc1N1CCC[C@@H](n2cccn2)C1. The molecule has 1 saturated heterocycles. The zero-order valence-electron chi connectivity index (χ0n) is 13.6. The number of carbonyl (C=O) groups excluding carboxylic acids is 1. The molecular weight excluding hydrogens is 292 g/mol. The van der Waals surface area contributed by atoms with E-state index in [2.05, 4.69) is 15.0 Å². The Kier molecular flexibility index (Phi) is 4.60. The first-order chi connectivity index (χ1) is 11.1. The van der Waals surface area contributed by atoms with Crippen LogP contribution in [0.25, 0.3) is 0 Å². The van der Waals surface area contributed by atoms with E-state index in [0.717, 1.165) is 25.9 Å². The van der Waals surface area contributed by atoms with Crippen molar-refractivity contribution >= 4 is 11.8 Å². The van der Waals surface area contributed by atoms with E-state index in [4.69, 9.17) is 4.74 Å². The number of esters is 1. The molecular formula is C17H22N4O2. The van der Waals surface area contributed by atoms with E-state index in [9.17, 15) is 4.79 Å². The molecule has 122 valence electrons. The summed E-state index contributed by atoms with van der Waals surface area (Å²) < 4.78 is 7.33. The van der Waals surface area contributed by atoms with Crippen molar-refractivity contribution in [2.45, 2.75) is 38.8 Å². The van der Waals surface area contributed by atoms with Gasteiger partial charge in [0.1, 0.15) is 11.4 Å². The summed E-state index contributed by atoms with van der Waals surface area (Å²) in [5.74, 6) is 0.388. The maximum Gasteiger partial charge on any atom is 0.342 e. The van der Waals surface area contributed by atoms with Crippen molar-refractivity contribution in [1.29, 1.82) is 0 Å². The van der Waals surface area contributed by atoms with Crippen molar-refractivity contribution in [3.63, 3.8) is 0 Å². The largest absolute Gasteiger partial charge is 0.459 e. The molecule has 1 aliphatic rings. The molecule has 3 rings (SSSR count). The zero-order chi connectivity index (χ0) is 16.2. The highest BCUT2D eigenvalue weighted by molar-refractivity contribution is 5.94. The average Bonchev–Trinajstić information content (AvgIpc) is 3.09. The van der Waals surface area contributed by atoms with Gasteiger partial charge in [-0.1, -0.05) is 0 Å². The van der Waals surface area contributed by atoms with E-state index in [1.165, 1.54) is 0 Å². The number of hydrogen-bond donors (Lipinski definition) is 0. The second-order valence-electron chi connectivity index (χ2n) is 6.06. The zero-order valence-corrected chi connectivity index (χ0v) is 13.6. The van der Waals surface area contributed by atoms with Gasteiger partial charge < -0.3 is 9.64 Å². The summed E-state index contributed by atoms with van der Waals surface area (Å²) in [5, 5.41) is 4.34. The number of aromatic nitrogens is 3. The summed E-state index contributed by atoms with van der Waals surface area (Å²) in [5.41, 5.74) is 0.530. The van der Waals surface area contributed by atoms with E-state index in [1.54, 1.807) is 24.5 Å². The second kappa shape index (κ2) is 6.81. The first kappa shape index (κ1) is 15.5. The molecule has 0 spiro atoms. The van der Waals surface area contributed by atoms with Gasteiger partial charge in [0.05, 0.1) is 12.1 Å². The van der Waals surface area contributed by atoms with Gasteiger partial charge in [0.25, 0.3) is 0 Å². The van der Waals surface area contributed by atoms with E-state index >= 15 is 0 Å². The summed E-state index contributed by atoms with van der Waals surface area (Å²) in [6.07, 6.45) is 7.48. The average molecular weight is 314 g/mol. The van der Waals surface area contributed by atoms with Crippen LogP contribution in [0.2, 0.25) is 0 Å². The molecule has 0 saturated carbocycles. The molecule has 0 unspecified atom stereocenters. The van der Waals surface area contributed by atoms with Gasteiger partial charge in [-0.15, -0.1) is 0 Å². The highest BCUT2D eigenvalue weighted by Crippen LogP contribution is 2.27. The molecule has 1 aliphatic heterocycles. The summed E-state index contributed by atoms with van der Waals surface area (Å²) in [4.78, 5) is 18.9. The minimum Gasteiger partial charge on any atom is -0.459 e. The van der Waals surface area contributed by atoms with E-state index in [1.807, 2.05) is 30.8 Å². The quantitative estimate of drug-likeness (QED) is 0.812. The van der Waals surface area contributed by atoms with Crippen LogP contribution in [-0.2, 0) is 4.74 Å². The second-order valence-corrected chi connectivity index (χ2v) is 6.06. The van der Waals surface area contributed by atoms with Gasteiger partial charge in [0.2, 0.25) is 0 Å². The van der Waals surface area contributed by atoms with E-state index < -0.39 is 0 Å². The van der Waals surface area contributed by atoms with Crippen molar-refractivity contribution < 1.29 is 9.53 Å². The summed E-state index contributed by atoms with van der Waals surface area (Å²) in [6, 6.07) is 5.79. The van der Waals surface area contributed by atoms with Gasteiger partial charge in [0.15, 0.2) is 0 Å². The Bertz CT molecular complexity index is 654. The van der Waals surface area contributed by atoms with Gasteiger partial charge in [0, 0.05) is 31.7 Å². The number of anilines is 1. The fraction of sp³-hybridized carbons (Fsp3) is 0.471. The Hall–Kier alpha value is -2.37. The van der Waals surface area contributed by atoms with Crippen molar-refractivity contribution in [2.24, 2.45) is 0 Å². The topological polar surface area (TPSA) is 60.2 Å². The summed E-state index contributed by atoms with van der Waals surface area (Å²) >= 11 is 0. The lowest BCUT2D eigenvalue weighted by Crippen LogP contribution is -2.38. The van der Waals surface area contributed by atoms with Crippen LogP contribution in [0.15, 0.2) is 36.8 Å². The highest BCUT2D eigenvalue weighted by atomic mass is 16.5. The summed E-state index contributed by atoms with van der Waals surface area (Å²) in [6.45, 7) is 5.38. The number of rotatable bonds is 4. The van der Waals surface area contributed by atoms with Gasteiger partial charge in [-0.05, 0) is 44.9 Å². The molecule has 1 atom stereocenters. The monoisotopic (exact) mass is 314 g/mol. The standard InChI is InChI=1S/C17H22N4O2/c1-13(2)23-17(22)15-7-3-8-18-16(15)20-10-4-6-14(12-20)21-11-5-9-19-21/h3,5,7-9,11,13-14H,4,6,10,12H2,1-2H3/t14-/m1/s1. The van der Waals surface area contributed by atoms with Crippen LogP contribution in [0.1, 0.15) is 43.1 Å². The lowest BCUT2D eigenvalue weighted by atomic mass is 10.1. The molecule has 2 aromatic rings. The third-order valence-corrected chi connectivity index (χ3v) is 3.94. The van der Waals surface area contributed by atoms with E-state index in [0.29, 0.717) is 17.4 Å². The number of piperidine rings is 1. The van der Waals surface area contributed by atoms with Crippen molar-refractivity contribution in [1.82, 2.24) is 14.8 Å². The Morgan fingerprint density at radius 1 is 1.35 bits per heavy atom. The third kappa shape index (κ3) is 3.52.